The van der Waals surface area contributed by atoms with Crippen LogP contribution in [0.15, 0.2) is 85.0 Å². The second-order valence-electron chi connectivity index (χ2n) is 13.7. The number of aliphatic hydroxyl groups is 3. The van der Waals surface area contributed by atoms with E-state index in [1.807, 2.05) is 50.3 Å². The van der Waals surface area contributed by atoms with Crippen LogP contribution in [0.25, 0.3) is 0 Å². The average Bonchev–Trinajstić information content (AvgIpc) is 3.15. The third kappa shape index (κ3) is 19.0. The second kappa shape index (κ2) is 24.6. The molecule has 1 aliphatic carbocycles. The Morgan fingerprint density at radius 2 is 1.19 bits per heavy atom. The number of hydrogen-bond donors (Lipinski definition) is 10. The van der Waals surface area contributed by atoms with Gasteiger partial charge < -0.3 is 57.4 Å². The number of primary amides is 1. The summed E-state index contributed by atoms with van der Waals surface area (Å²) in [5.74, 6) is -1.96. The predicted octanol–water partition coefficient (Wildman–Crippen LogP) is 2.76. The monoisotopic (exact) mass is 796 g/mol. The van der Waals surface area contributed by atoms with E-state index in [1.165, 1.54) is 0 Å². The summed E-state index contributed by atoms with van der Waals surface area (Å²) < 4.78 is 9.69. The van der Waals surface area contributed by atoms with Crippen molar-refractivity contribution in [3.05, 3.63) is 96.1 Å². The first-order chi connectivity index (χ1) is 26.6. The Balaban J connectivity index is 0.000000473. The van der Waals surface area contributed by atoms with E-state index in [0.29, 0.717) is 24.5 Å². The second-order valence-corrected chi connectivity index (χ2v) is 13.7. The van der Waals surface area contributed by atoms with Gasteiger partial charge in [-0.1, -0.05) is 84.5 Å². The van der Waals surface area contributed by atoms with E-state index in [9.17, 15) is 39.3 Å². The smallest absolute Gasteiger partial charge is 0.414 e. The first-order valence-electron chi connectivity index (χ1n) is 17.9. The Hall–Kier alpha value is -5.88. The van der Waals surface area contributed by atoms with Crippen LogP contribution in [0.2, 0.25) is 0 Å². The maximum atomic E-state index is 12.0. The lowest BCUT2D eigenvalue weighted by molar-refractivity contribution is -0.277. The predicted molar refractivity (Wildman–Crippen MR) is 214 cm³/mol. The van der Waals surface area contributed by atoms with Crippen molar-refractivity contribution in [3.8, 4) is 0 Å². The van der Waals surface area contributed by atoms with Crippen LogP contribution < -0.4 is 27.4 Å². The van der Waals surface area contributed by atoms with Crippen molar-refractivity contribution < 1.29 is 53.9 Å². The molecule has 5 unspecified atom stereocenters. The Morgan fingerprint density at radius 3 is 1.58 bits per heavy atom. The van der Waals surface area contributed by atoms with Crippen molar-refractivity contribution in [2.45, 2.75) is 85.3 Å². The van der Waals surface area contributed by atoms with Crippen LogP contribution in [0, 0.1) is 23.2 Å². The third-order valence-electron chi connectivity index (χ3n) is 7.72. The molecule has 1 aliphatic heterocycles. The minimum atomic E-state index is -1.88. The number of hydrogen-bond acceptors (Lipinski definition) is 12. The standard InChI is InChI=1S/C18H24N2O9.C11H16N2O.C7H7N.C4H9NO/c1-8(2)15(24)19-7-9-3-5-10(6-4-9)20-18(27)29-17-13(23)11(21)12(22)14(28-17)16(25)26;1-8(2)11(14)13-7-9-3-5-10(12)6-4-9;1-6-2-4-7(8)5-3-6;1-3(2)4(5)6/h3-6,8,11-14,17,21-23H,7H2,1-2H3,(H,19,24)(H,20,27)(H,25,26);3-6,8H,7,12H2,1-2H3,(H,13,14);2-5,8H,1H2;3H,1-2H3,(H2,5,6). The molecule has 5 atom stereocenters. The van der Waals surface area contributed by atoms with E-state index in [-0.39, 0.29) is 35.5 Å². The molecule has 17 heteroatoms. The van der Waals surface area contributed by atoms with Gasteiger partial charge in [-0.15, -0.1) is 0 Å². The number of carbonyl (C=O) groups excluding carboxylic acids is 4. The maximum Gasteiger partial charge on any atom is 0.414 e. The van der Waals surface area contributed by atoms with Gasteiger partial charge in [0.15, 0.2) is 6.10 Å². The van der Waals surface area contributed by atoms with Crippen molar-refractivity contribution in [2.75, 3.05) is 11.1 Å². The summed E-state index contributed by atoms with van der Waals surface area (Å²) in [6, 6.07) is 13.9. The van der Waals surface area contributed by atoms with E-state index in [0.717, 1.165) is 22.4 Å². The number of rotatable bonds is 10. The number of nitrogens with two attached hydrogens (primary N) is 2. The SMILES string of the molecule is C=C1C=CC(=N)C=C1.CC(C)C(=O)NCc1ccc(N)cc1.CC(C)C(=O)NCc1ccc(NC(=O)OC2OC(C(=O)O)C(O)C(O)C2O)cc1.CC(C)C(N)=O. The number of nitrogens with one attached hydrogen (secondary N) is 4. The van der Waals surface area contributed by atoms with Crippen LogP contribution in [0.4, 0.5) is 16.2 Å². The summed E-state index contributed by atoms with van der Waals surface area (Å²) in [6.45, 7) is 15.4. The summed E-state index contributed by atoms with van der Waals surface area (Å²) in [4.78, 5) is 55.8. The molecule has 4 rings (SSSR count). The molecule has 1 heterocycles. The molecule has 2 aromatic carbocycles. The first kappa shape index (κ1) is 49.1. The lowest BCUT2D eigenvalue weighted by atomic mass is 9.99. The first-order valence-corrected chi connectivity index (χ1v) is 17.9. The number of ether oxygens (including phenoxy) is 2. The quantitative estimate of drug-likeness (QED) is 0.155. The van der Waals surface area contributed by atoms with Crippen LogP contribution in [-0.2, 0) is 41.7 Å². The fourth-order valence-corrected chi connectivity index (χ4v) is 4.03. The maximum absolute atomic E-state index is 12.0. The summed E-state index contributed by atoms with van der Waals surface area (Å²) >= 11 is 0. The number of amides is 4. The highest BCUT2D eigenvalue weighted by molar-refractivity contribution is 6.03. The number of allylic oxidation sites excluding steroid dienone is 5. The van der Waals surface area contributed by atoms with Crippen LogP contribution in [0.5, 0.6) is 0 Å². The zero-order valence-corrected chi connectivity index (χ0v) is 33.0. The third-order valence-corrected chi connectivity index (χ3v) is 7.72. The number of aliphatic hydroxyl groups excluding tert-OH is 3. The van der Waals surface area contributed by atoms with E-state index < -0.39 is 42.8 Å². The zero-order chi connectivity index (χ0) is 43.4. The Kier molecular flexibility index (Phi) is 21.2. The van der Waals surface area contributed by atoms with Gasteiger partial charge in [0, 0.05) is 42.2 Å². The molecule has 0 saturated carbocycles. The minimum absolute atomic E-state index is 0.00926. The van der Waals surface area contributed by atoms with Crippen LogP contribution in [0.1, 0.15) is 52.7 Å². The topological polar surface area (TPSA) is 297 Å². The largest absolute Gasteiger partial charge is 0.479 e. The van der Waals surface area contributed by atoms with Crippen molar-refractivity contribution >= 4 is 46.9 Å². The van der Waals surface area contributed by atoms with E-state index in [4.69, 9.17) is 31.5 Å². The Labute approximate surface area is 332 Å². The van der Waals surface area contributed by atoms with E-state index in [1.54, 1.807) is 64.1 Å². The fourth-order valence-electron chi connectivity index (χ4n) is 4.03. The Bertz CT molecular complexity index is 1690. The van der Waals surface area contributed by atoms with Gasteiger partial charge in [0.25, 0.3) is 0 Å². The molecule has 2 aromatic rings. The molecule has 0 aromatic heterocycles. The van der Waals surface area contributed by atoms with Gasteiger partial charge in [0.05, 0.1) is 5.71 Å². The molecule has 1 fully saturated rings. The molecule has 1 saturated heterocycles. The number of carboxylic acid groups (broad SMARTS) is 1. The summed E-state index contributed by atoms with van der Waals surface area (Å²) in [5, 5.41) is 53.1. The number of benzene rings is 2. The molecule has 312 valence electrons. The van der Waals surface area contributed by atoms with E-state index in [2.05, 4.69) is 22.5 Å². The minimum Gasteiger partial charge on any atom is -0.479 e. The molecule has 2 aliphatic rings. The molecular weight excluding hydrogens is 740 g/mol. The van der Waals surface area contributed by atoms with Crippen molar-refractivity contribution in [1.82, 2.24) is 10.6 Å². The molecular formula is C40H56N6O11. The summed E-state index contributed by atoms with van der Waals surface area (Å²) in [7, 11) is 0. The normalized spacial score (nSPS) is 19.5. The highest BCUT2D eigenvalue weighted by Gasteiger charge is 2.48. The number of carbonyl (C=O) groups is 5. The summed E-state index contributed by atoms with van der Waals surface area (Å²) in [5.41, 5.74) is 14.8. The van der Waals surface area contributed by atoms with Gasteiger partial charge in [-0.05, 0) is 53.1 Å². The van der Waals surface area contributed by atoms with Gasteiger partial charge in [0.2, 0.25) is 24.0 Å². The van der Waals surface area contributed by atoms with E-state index >= 15 is 0 Å². The lowest BCUT2D eigenvalue weighted by Gasteiger charge is -2.37. The molecule has 0 spiro atoms. The molecule has 0 radical (unpaired) electrons. The fraction of sp³-hybridized carbons (Fsp3) is 0.400. The van der Waals surface area contributed by atoms with Crippen molar-refractivity contribution in [3.63, 3.8) is 0 Å². The van der Waals surface area contributed by atoms with Gasteiger partial charge in [0.1, 0.15) is 18.3 Å². The van der Waals surface area contributed by atoms with Gasteiger partial charge in [-0.3, -0.25) is 19.7 Å². The van der Waals surface area contributed by atoms with Crippen LogP contribution in [0.3, 0.4) is 0 Å². The molecule has 4 amide bonds. The van der Waals surface area contributed by atoms with Crippen molar-refractivity contribution in [2.24, 2.45) is 23.5 Å². The number of aliphatic carboxylic acids is 1. The van der Waals surface area contributed by atoms with Crippen molar-refractivity contribution in [1.29, 1.82) is 5.41 Å². The molecule has 0 bridgehead atoms. The molecule has 12 N–H and O–H groups in total. The summed E-state index contributed by atoms with van der Waals surface area (Å²) in [6.07, 6.45) is -3.22. The molecule has 57 heavy (non-hydrogen) atoms. The Morgan fingerprint density at radius 1 is 0.754 bits per heavy atom. The van der Waals surface area contributed by atoms with Crippen LogP contribution in [-0.4, -0.2) is 86.6 Å². The zero-order valence-electron chi connectivity index (χ0n) is 33.0. The average molecular weight is 797 g/mol. The number of nitrogen functional groups attached to an aromatic ring is 1. The van der Waals surface area contributed by atoms with Gasteiger partial charge in [-0.2, -0.15) is 0 Å². The van der Waals surface area contributed by atoms with Gasteiger partial charge in [-0.25, -0.2) is 9.59 Å². The van der Waals surface area contributed by atoms with Crippen LogP contribution >= 0.6 is 0 Å². The molecule has 17 nitrogen and oxygen atoms in total. The lowest BCUT2D eigenvalue weighted by Crippen LogP contribution is -2.60. The number of carboxylic acids is 1. The number of anilines is 2. The van der Waals surface area contributed by atoms with Gasteiger partial charge >= 0.3 is 12.1 Å². The highest BCUT2D eigenvalue weighted by Crippen LogP contribution is 2.23. The highest BCUT2D eigenvalue weighted by atomic mass is 16.7.